The van der Waals surface area contributed by atoms with E-state index in [4.69, 9.17) is 0 Å². The van der Waals surface area contributed by atoms with Crippen LogP contribution in [0.25, 0.3) is 0 Å². The maximum Gasteiger partial charge on any atom is 0.0280 e. The average Bonchev–Trinajstić information content (AvgIpc) is 2.35. The minimum absolute atomic E-state index is 0.361. The Kier molecular flexibility index (Phi) is 6.50. The summed E-state index contributed by atoms with van der Waals surface area (Å²) in [5.74, 6) is 0.877. The highest BCUT2D eigenvalue weighted by Gasteiger charge is 2.28. The fraction of sp³-hybridized carbons (Fsp3) is 1.00. The predicted molar refractivity (Wildman–Crippen MR) is 76.4 cm³/mol. The number of hydrogen-bond donors (Lipinski definition) is 1. The van der Waals surface area contributed by atoms with Gasteiger partial charge in [-0.15, -0.1) is 0 Å². The first-order chi connectivity index (χ1) is 8.13. The molecule has 102 valence electrons. The van der Waals surface area contributed by atoms with Crippen LogP contribution >= 0.6 is 0 Å². The van der Waals surface area contributed by atoms with Crippen LogP contribution in [0.3, 0.4) is 0 Å². The van der Waals surface area contributed by atoms with Crippen LogP contribution in [-0.4, -0.2) is 36.6 Å². The number of nitrogens with one attached hydrogen (secondary N) is 1. The molecule has 1 heterocycles. The number of nitrogens with zero attached hydrogens (tertiary/aromatic N) is 1. The zero-order valence-corrected chi connectivity index (χ0v) is 12.4. The highest BCUT2D eigenvalue weighted by molar-refractivity contribution is 4.89. The molecule has 0 aromatic heterocycles. The topological polar surface area (TPSA) is 15.3 Å². The molecule has 0 amide bonds. The molecule has 0 aromatic rings. The van der Waals surface area contributed by atoms with Crippen molar-refractivity contribution in [1.82, 2.24) is 10.2 Å². The molecule has 1 fully saturated rings. The van der Waals surface area contributed by atoms with Gasteiger partial charge in [0.2, 0.25) is 0 Å². The van der Waals surface area contributed by atoms with Gasteiger partial charge in [-0.3, -0.25) is 0 Å². The molecular formula is C15H32N2. The molecule has 0 aromatic carbocycles. The van der Waals surface area contributed by atoms with Gasteiger partial charge >= 0.3 is 0 Å². The van der Waals surface area contributed by atoms with Crippen molar-refractivity contribution in [3.05, 3.63) is 0 Å². The summed E-state index contributed by atoms with van der Waals surface area (Å²) in [7, 11) is 0. The van der Waals surface area contributed by atoms with Gasteiger partial charge in [-0.25, -0.2) is 0 Å². The lowest BCUT2D eigenvalue weighted by molar-refractivity contribution is 0.149. The summed E-state index contributed by atoms with van der Waals surface area (Å²) < 4.78 is 0. The minimum atomic E-state index is 0.361. The van der Waals surface area contributed by atoms with Crippen LogP contribution < -0.4 is 5.32 Å². The highest BCUT2D eigenvalue weighted by atomic mass is 15.2. The first kappa shape index (κ1) is 15.0. The van der Waals surface area contributed by atoms with E-state index in [9.17, 15) is 0 Å². The third-order valence-electron chi connectivity index (χ3n) is 4.40. The van der Waals surface area contributed by atoms with E-state index in [0.29, 0.717) is 5.54 Å². The largest absolute Gasteiger partial charge is 0.310 e. The molecule has 2 heteroatoms. The average molecular weight is 240 g/mol. The fourth-order valence-electron chi connectivity index (χ4n) is 2.96. The zero-order valence-electron chi connectivity index (χ0n) is 12.4. The SMILES string of the molecule is CCC(CC)CN(CC)CC1(C)CCCCN1. The third-order valence-corrected chi connectivity index (χ3v) is 4.40. The summed E-state index contributed by atoms with van der Waals surface area (Å²) in [6, 6.07) is 0. The number of piperidine rings is 1. The van der Waals surface area contributed by atoms with Gasteiger partial charge in [0.25, 0.3) is 0 Å². The van der Waals surface area contributed by atoms with Crippen molar-refractivity contribution < 1.29 is 0 Å². The lowest BCUT2D eigenvalue weighted by Gasteiger charge is -2.40. The zero-order chi connectivity index (χ0) is 12.7. The summed E-state index contributed by atoms with van der Waals surface area (Å²) in [5.41, 5.74) is 0.361. The van der Waals surface area contributed by atoms with Crippen LogP contribution in [0.15, 0.2) is 0 Å². The van der Waals surface area contributed by atoms with Crippen molar-refractivity contribution in [3.63, 3.8) is 0 Å². The number of rotatable bonds is 7. The Morgan fingerprint density at radius 3 is 2.35 bits per heavy atom. The van der Waals surface area contributed by atoms with Crippen LogP contribution in [0, 0.1) is 5.92 Å². The second-order valence-electron chi connectivity index (χ2n) is 5.95. The summed E-state index contributed by atoms with van der Waals surface area (Å²) >= 11 is 0. The molecule has 17 heavy (non-hydrogen) atoms. The molecule has 1 unspecified atom stereocenters. The fourth-order valence-corrected chi connectivity index (χ4v) is 2.96. The van der Waals surface area contributed by atoms with E-state index in [2.05, 4.69) is 37.9 Å². The van der Waals surface area contributed by atoms with E-state index in [1.54, 1.807) is 0 Å². The Morgan fingerprint density at radius 2 is 1.88 bits per heavy atom. The van der Waals surface area contributed by atoms with Crippen LogP contribution in [-0.2, 0) is 0 Å². The second kappa shape index (κ2) is 7.38. The molecule has 0 bridgehead atoms. The molecule has 1 N–H and O–H groups in total. The Hall–Kier alpha value is -0.0800. The van der Waals surface area contributed by atoms with Crippen molar-refractivity contribution in [3.8, 4) is 0 Å². The summed E-state index contributed by atoms with van der Waals surface area (Å²) in [6.07, 6.45) is 6.72. The standard InChI is InChI=1S/C15H32N2/c1-5-14(6-2)12-17(7-3)13-15(4)10-8-9-11-16-15/h14,16H,5-13H2,1-4H3. The summed E-state index contributed by atoms with van der Waals surface area (Å²) in [6.45, 7) is 14.2. The lowest BCUT2D eigenvalue weighted by atomic mass is 9.90. The van der Waals surface area contributed by atoms with E-state index >= 15 is 0 Å². The van der Waals surface area contributed by atoms with Gasteiger partial charge in [0.05, 0.1) is 0 Å². The van der Waals surface area contributed by atoms with E-state index in [-0.39, 0.29) is 0 Å². The van der Waals surface area contributed by atoms with E-state index < -0.39 is 0 Å². The van der Waals surface area contributed by atoms with Gasteiger partial charge in [0.15, 0.2) is 0 Å². The first-order valence-electron chi connectivity index (χ1n) is 7.61. The van der Waals surface area contributed by atoms with E-state index in [1.165, 1.54) is 58.3 Å². The van der Waals surface area contributed by atoms with Crippen LogP contribution in [0.5, 0.6) is 0 Å². The van der Waals surface area contributed by atoms with Crippen LogP contribution in [0.2, 0.25) is 0 Å². The number of likely N-dealkylation sites (N-methyl/N-ethyl adjacent to an activating group) is 1. The molecule has 1 saturated heterocycles. The lowest BCUT2D eigenvalue weighted by Crippen LogP contribution is -2.54. The van der Waals surface area contributed by atoms with Crippen molar-refractivity contribution in [2.75, 3.05) is 26.2 Å². The molecule has 0 radical (unpaired) electrons. The number of hydrogen-bond acceptors (Lipinski definition) is 2. The van der Waals surface area contributed by atoms with Gasteiger partial charge in [-0.05, 0) is 38.8 Å². The maximum absolute atomic E-state index is 3.73. The maximum atomic E-state index is 3.73. The van der Waals surface area contributed by atoms with Crippen molar-refractivity contribution in [1.29, 1.82) is 0 Å². The Labute approximate surface area is 108 Å². The third kappa shape index (κ3) is 4.97. The molecule has 1 aliphatic heterocycles. The Balaban J connectivity index is 2.44. The second-order valence-corrected chi connectivity index (χ2v) is 5.95. The monoisotopic (exact) mass is 240 g/mol. The molecule has 1 rings (SSSR count). The summed E-state index contributed by atoms with van der Waals surface area (Å²) in [5, 5.41) is 3.73. The molecule has 0 aliphatic carbocycles. The molecule has 1 aliphatic rings. The Morgan fingerprint density at radius 1 is 1.18 bits per heavy atom. The molecule has 2 nitrogen and oxygen atoms in total. The quantitative estimate of drug-likeness (QED) is 0.735. The smallest absolute Gasteiger partial charge is 0.0280 e. The summed E-state index contributed by atoms with van der Waals surface area (Å²) in [4.78, 5) is 2.65. The predicted octanol–water partition coefficient (Wildman–Crippen LogP) is 3.28. The first-order valence-corrected chi connectivity index (χ1v) is 7.61. The van der Waals surface area contributed by atoms with Gasteiger partial charge < -0.3 is 10.2 Å². The van der Waals surface area contributed by atoms with Gasteiger partial charge in [-0.2, -0.15) is 0 Å². The molecule has 1 atom stereocenters. The van der Waals surface area contributed by atoms with Crippen molar-refractivity contribution >= 4 is 0 Å². The Bertz CT molecular complexity index is 193. The minimum Gasteiger partial charge on any atom is -0.310 e. The highest BCUT2D eigenvalue weighted by Crippen LogP contribution is 2.21. The van der Waals surface area contributed by atoms with Crippen molar-refractivity contribution in [2.24, 2.45) is 5.92 Å². The molecule has 0 spiro atoms. The van der Waals surface area contributed by atoms with Crippen molar-refractivity contribution in [2.45, 2.75) is 65.3 Å². The van der Waals surface area contributed by atoms with Gasteiger partial charge in [0, 0.05) is 18.6 Å². The van der Waals surface area contributed by atoms with E-state index in [0.717, 1.165) is 5.92 Å². The van der Waals surface area contributed by atoms with Crippen LogP contribution in [0.1, 0.15) is 59.8 Å². The van der Waals surface area contributed by atoms with Gasteiger partial charge in [0.1, 0.15) is 0 Å². The molecule has 0 saturated carbocycles. The van der Waals surface area contributed by atoms with Crippen LogP contribution in [0.4, 0.5) is 0 Å². The van der Waals surface area contributed by atoms with E-state index in [1.807, 2.05) is 0 Å². The van der Waals surface area contributed by atoms with Gasteiger partial charge in [-0.1, -0.05) is 40.0 Å². The normalized spacial score (nSPS) is 25.8. The molecular weight excluding hydrogens is 208 g/mol.